The summed E-state index contributed by atoms with van der Waals surface area (Å²) in [6, 6.07) is 45.2. The van der Waals surface area contributed by atoms with Gasteiger partial charge in [-0.2, -0.15) is 0 Å². The van der Waals surface area contributed by atoms with E-state index in [-0.39, 0.29) is 5.41 Å². The van der Waals surface area contributed by atoms with Crippen molar-refractivity contribution in [3.05, 3.63) is 174 Å². The van der Waals surface area contributed by atoms with Crippen LogP contribution < -0.4 is 0 Å². The Kier molecular flexibility index (Phi) is 6.73. The number of aromatic nitrogens is 2. The number of hydrogen-bond donors (Lipinski definition) is 0. The Labute approximate surface area is 299 Å². The lowest BCUT2D eigenvalue weighted by Gasteiger charge is -2.29. The van der Waals surface area contributed by atoms with Crippen molar-refractivity contribution in [1.29, 1.82) is 0 Å². The molecule has 0 aliphatic heterocycles. The molecule has 1 atom stereocenters. The van der Waals surface area contributed by atoms with E-state index in [0.717, 1.165) is 25.0 Å². The van der Waals surface area contributed by atoms with Crippen molar-refractivity contribution in [1.82, 2.24) is 9.55 Å². The van der Waals surface area contributed by atoms with Crippen molar-refractivity contribution >= 4 is 48.9 Å². The van der Waals surface area contributed by atoms with Crippen LogP contribution >= 0.6 is 0 Å². The molecule has 0 saturated carbocycles. The molecule has 1 unspecified atom stereocenters. The summed E-state index contributed by atoms with van der Waals surface area (Å²) in [5, 5.41) is 8.20. The van der Waals surface area contributed by atoms with Crippen LogP contribution in [0.25, 0.3) is 65.7 Å². The van der Waals surface area contributed by atoms with Gasteiger partial charge < -0.3 is 4.57 Å². The molecular formula is C49H40N2. The van der Waals surface area contributed by atoms with E-state index in [4.69, 9.17) is 0 Å². The number of hydrogen-bond acceptors (Lipinski definition) is 1. The van der Waals surface area contributed by atoms with Gasteiger partial charge in [0.2, 0.25) is 0 Å². The Bertz CT molecular complexity index is 2700. The van der Waals surface area contributed by atoms with E-state index >= 15 is 0 Å². The molecule has 2 aliphatic carbocycles. The summed E-state index contributed by atoms with van der Waals surface area (Å²) in [5.41, 5.74) is 14.5. The molecule has 0 spiro atoms. The molecule has 2 aliphatic rings. The smallest absolute Gasteiger partial charge is 0.0698 e. The third-order valence-corrected chi connectivity index (χ3v) is 11.4. The fourth-order valence-electron chi connectivity index (χ4n) is 8.87. The van der Waals surface area contributed by atoms with Gasteiger partial charge in [-0.15, -0.1) is 0 Å². The normalized spacial score (nSPS) is 15.7. The summed E-state index contributed by atoms with van der Waals surface area (Å²) in [4.78, 5) is 4.64. The first-order chi connectivity index (χ1) is 24.9. The maximum atomic E-state index is 4.64. The number of aryl methyl sites for hydroxylation is 2. The molecule has 8 aromatic rings. The van der Waals surface area contributed by atoms with Gasteiger partial charge in [0.25, 0.3) is 0 Å². The van der Waals surface area contributed by atoms with Crippen molar-refractivity contribution in [3.8, 4) is 16.8 Å². The average Bonchev–Trinajstić information content (AvgIpc) is 3.51. The van der Waals surface area contributed by atoms with Crippen molar-refractivity contribution in [2.24, 2.45) is 0 Å². The van der Waals surface area contributed by atoms with E-state index < -0.39 is 0 Å². The van der Waals surface area contributed by atoms with Gasteiger partial charge in [-0.3, -0.25) is 4.98 Å². The van der Waals surface area contributed by atoms with Gasteiger partial charge in [-0.05, 0) is 128 Å². The molecule has 0 saturated heterocycles. The van der Waals surface area contributed by atoms with Crippen molar-refractivity contribution in [2.75, 3.05) is 0 Å². The Hall–Kier alpha value is -5.73. The zero-order valence-electron chi connectivity index (χ0n) is 29.4. The van der Waals surface area contributed by atoms with Crippen LogP contribution in [0, 0.1) is 0 Å². The highest BCUT2D eigenvalue weighted by atomic mass is 15.0. The SMILES string of the molecule is CC(C)(C)c1cc2c3c(ccc4c(-c5cccc(-n6c7ccccc7c7ccccc76)c5)cc(C5C=CC(c6ccccn6)=CC5)c(c43)CC2)c1. The quantitative estimate of drug-likeness (QED) is 0.172. The maximum Gasteiger partial charge on any atom is 0.0698 e. The van der Waals surface area contributed by atoms with Gasteiger partial charge in [0.05, 0.1) is 16.7 Å². The topological polar surface area (TPSA) is 17.8 Å². The van der Waals surface area contributed by atoms with E-state index in [0.29, 0.717) is 5.92 Å². The minimum atomic E-state index is 0.102. The number of para-hydroxylation sites is 2. The van der Waals surface area contributed by atoms with Crippen LogP contribution in [0.5, 0.6) is 0 Å². The second kappa shape index (κ2) is 11.4. The molecule has 6 aromatic carbocycles. The molecule has 51 heavy (non-hydrogen) atoms. The van der Waals surface area contributed by atoms with Gasteiger partial charge in [0, 0.05) is 28.6 Å². The molecule has 2 aromatic heterocycles. The molecule has 0 bridgehead atoms. The van der Waals surface area contributed by atoms with Gasteiger partial charge >= 0.3 is 0 Å². The molecule has 0 N–H and O–H groups in total. The van der Waals surface area contributed by atoms with Crippen molar-refractivity contribution < 1.29 is 0 Å². The van der Waals surface area contributed by atoms with E-state index in [1.165, 1.54) is 88.0 Å². The number of nitrogens with zero attached hydrogens (tertiary/aromatic N) is 2. The van der Waals surface area contributed by atoms with Crippen LogP contribution in [0.4, 0.5) is 0 Å². The van der Waals surface area contributed by atoms with E-state index in [1.807, 2.05) is 12.3 Å². The van der Waals surface area contributed by atoms with Crippen LogP contribution in [-0.4, -0.2) is 9.55 Å². The summed E-state index contributed by atoms with van der Waals surface area (Å²) in [7, 11) is 0. The lowest BCUT2D eigenvalue weighted by molar-refractivity contribution is 0.590. The monoisotopic (exact) mass is 656 g/mol. The van der Waals surface area contributed by atoms with Gasteiger partial charge in [0.1, 0.15) is 0 Å². The first-order valence-corrected chi connectivity index (χ1v) is 18.4. The fraction of sp³-hybridized carbons (Fsp3) is 0.163. The number of benzene rings is 6. The molecule has 10 rings (SSSR count). The summed E-state index contributed by atoms with van der Waals surface area (Å²) < 4.78 is 2.43. The Morgan fingerprint density at radius 3 is 2.20 bits per heavy atom. The van der Waals surface area contributed by atoms with Gasteiger partial charge in [-0.1, -0.05) is 118 Å². The van der Waals surface area contributed by atoms with Crippen LogP contribution in [0.15, 0.2) is 146 Å². The Balaban J connectivity index is 1.20. The lowest BCUT2D eigenvalue weighted by Crippen LogP contribution is -2.14. The average molecular weight is 657 g/mol. The molecule has 0 radical (unpaired) electrons. The minimum absolute atomic E-state index is 0.102. The maximum absolute atomic E-state index is 4.64. The van der Waals surface area contributed by atoms with Crippen molar-refractivity contribution in [3.63, 3.8) is 0 Å². The number of rotatable bonds is 4. The van der Waals surface area contributed by atoms with Crippen LogP contribution in [-0.2, 0) is 18.3 Å². The predicted octanol–water partition coefficient (Wildman–Crippen LogP) is 12.7. The van der Waals surface area contributed by atoms with E-state index in [9.17, 15) is 0 Å². The Morgan fingerprint density at radius 2 is 1.47 bits per heavy atom. The number of fused-ring (bicyclic) bond motifs is 3. The molecule has 2 heteroatoms. The Morgan fingerprint density at radius 1 is 0.686 bits per heavy atom. The highest BCUT2D eigenvalue weighted by molar-refractivity contribution is 6.16. The highest BCUT2D eigenvalue weighted by Gasteiger charge is 2.27. The second-order valence-electron chi connectivity index (χ2n) is 15.5. The zero-order valence-corrected chi connectivity index (χ0v) is 29.4. The minimum Gasteiger partial charge on any atom is -0.309 e. The third kappa shape index (κ3) is 4.81. The molecule has 0 amide bonds. The summed E-state index contributed by atoms with van der Waals surface area (Å²) >= 11 is 0. The second-order valence-corrected chi connectivity index (χ2v) is 15.5. The molecule has 2 heterocycles. The van der Waals surface area contributed by atoms with Gasteiger partial charge in [-0.25, -0.2) is 0 Å². The van der Waals surface area contributed by atoms with Crippen molar-refractivity contribution in [2.45, 2.75) is 51.4 Å². The number of pyridine rings is 1. The zero-order chi connectivity index (χ0) is 34.3. The first kappa shape index (κ1) is 30.1. The third-order valence-electron chi connectivity index (χ3n) is 11.4. The standard InChI is InChI=1S/C49H40N2/c1-49(2,3)36-27-34-22-24-40-42(31-18-20-32(21-19-31)44-15-8-9-26-50-44)30-43(41-25-23-35(28-36)47(34)48(40)41)33-11-10-12-37(29-33)51-45-16-6-4-13-38(45)39-14-5-7-17-46(39)51/h4-18,20-21,23,25-31H,19,22,24H2,1-3H3. The molecule has 246 valence electrons. The highest BCUT2D eigenvalue weighted by Crippen LogP contribution is 2.46. The van der Waals surface area contributed by atoms with Crippen LogP contribution in [0.3, 0.4) is 0 Å². The number of allylic oxidation sites excluding steroid dienone is 4. The van der Waals surface area contributed by atoms with E-state index in [1.54, 1.807) is 0 Å². The van der Waals surface area contributed by atoms with Crippen LogP contribution in [0.2, 0.25) is 0 Å². The lowest BCUT2D eigenvalue weighted by atomic mass is 9.75. The van der Waals surface area contributed by atoms with Crippen LogP contribution in [0.1, 0.15) is 61.1 Å². The first-order valence-electron chi connectivity index (χ1n) is 18.4. The molecular weight excluding hydrogens is 617 g/mol. The predicted molar refractivity (Wildman–Crippen MR) is 216 cm³/mol. The summed E-state index contributed by atoms with van der Waals surface area (Å²) in [6.07, 6.45) is 12.1. The molecule has 0 fully saturated rings. The largest absolute Gasteiger partial charge is 0.309 e. The fourth-order valence-corrected chi connectivity index (χ4v) is 8.87. The summed E-state index contributed by atoms with van der Waals surface area (Å²) in [5.74, 6) is 0.307. The van der Waals surface area contributed by atoms with Gasteiger partial charge in [0.15, 0.2) is 0 Å². The van der Waals surface area contributed by atoms with E-state index in [2.05, 4.69) is 164 Å². The molecule has 2 nitrogen and oxygen atoms in total. The summed E-state index contributed by atoms with van der Waals surface area (Å²) in [6.45, 7) is 7.00.